The highest BCUT2D eigenvalue weighted by molar-refractivity contribution is 7.91. The summed E-state index contributed by atoms with van der Waals surface area (Å²) >= 11 is 0. The monoisotopic (exact) mass is 416 g/mol. The zero-order valence-electron chi connectivity index (χ0n) is 16.2. The number of likely N-dealkylation sites (N-methyl/N-ethyl adjacent to an activating group) is 1. The van der Waals surface area contributed by atoms with Gasteiger partial charge in [-0.2, -0.15) is 0 Å². The molecule has 1 fully saturated rings. The number of carbonyl (C=O) groups is 2. The molecule has 1 N–H and O–H groups in total. The number of benzene rings is 2. The van der Waals surface area contributed by atoms with E-state index in [-0.39, 0.29) is 36.0 Å². The molecule has 2 aromatic carbocycles. The Labute approximate surface area is 170 Å². The molecule has 1 saturated heterocycles. The van der Waals surface area contributed by atoms with Crippen LogP contribution in [0.15, 0.2) is 54.6 Å². The second-order valence-corrected chi connectivity index (χ2v) is 9.07. The third kappa shape index (κ3) is 5.35. The lowest BCUT2D eigenvalue weighted by Crippen LogP contribution is -2.43. The minimum Gasteiger partial charge on any atom is -0.483 e. The maximum absolute atomic E-state index is 12.6. The lowest BCUT2D eigenvalue weighted by molar-refractivity contribution is -0.135. The van der Waals surface area contributed by atoms with Gasteiger partial charge in [-0.15, -0.1) is 0 Å². The topological polar surface area (TPSA) is 92.8 Å². The number of hydrogen-bond donors (Lipinski definition) is 1. The van der Waals surface area contributed by atoms with Gasteiger partial charge in [0.15, 0.2) is 16.4 Å². The van der Waals surface area contributed by atoms with Crippen LogP contribution in [-0.2, 0) is 14.6 Å². The number of rotatable bonds is 7. The molecule has 0 bridgehead atoms. The van der Waals surface area contributed by atoms with Crippen molar-refractivity contribution in [3.8, 4) is 5.75 Å². The quantitative estimate of drug-likeness (QED) is 0.748. The average Bonchev–Trinajstić information content (AvgIpc) is 3.07. The summed E-state index contributed by atoms with van der Waals surface area (Å²) < 4.78 is 29.1. The molecule has 1 heterocycles. The zero-order valence-corrected chi connectivity index (χ0v) is 17.0. The number of carbonyl (C=O) groups excluding carboxylic acids is 2. The highest BCUT2D eigenvalue weighted by atomic mass is 32.2. The van der Waals surface area contributed by atoms with Gasteiger partial charge in [-0.05, 0) is 37.6 Å². The van der Waals surface area contributed by atoms with Gasteiger partial charge in [-0.25, -0.2) is 8.42 Å². The van der Waals surface area contributed by atoms with Crippen LogP contribution in [0.3, 0.4) is 0 Å². The Balaban J connectivity index is 1.66. The van der Waals surface area contributed by atoms with Crippen LogP contribution in [0.5, 0.6) is 5.75 Å². The van der Waals surface area contributed by atoms with Crippen molar-refractivity contribution in [1.82, 2.24) is 4.90 Å². The van der Waals surface area contributed by atoms with E-state index in [0.29, 0.717) is 30.0 Å². The predicted molar refractivity (Wildman–Crippen MR) is 111 cm³/mol. The third-order valence-electron chi connectivity index (χ3n) is 4.82. The first-order valence-electron chi connectivity index (χ1n) is 9.47. The predicted octanol–water partition coefficient (Wildman–Crippen LogP) is 2.35. The minimum atomic E-state index is -3.09. The molecule has 0 unspecified atom stereocenters. The van der Waals surface area contributed by atoms with Crippen LogP contribution >= 0.6 is 0 Å². The Morgan fingerprint density at radius 3 is 2.45 bits per heavy atom. The van der Waals surface area contributed by atoms with Crippen LogP contribution in [0, 0.1) is 0 Å². The summed E-state index contributed by atoms with van der Waals surface area (Å²) in [6.45, 7) is 1.95. The first-order chi connectivity index (χ1) is 13.9. The average molecular weight is 416 g/mol. The second-order valence-electron chi connectivity index (χ2n) is 6.84. The number of nitrogens with zero attached hydrogens (tertiary/aromatic N) is 1. The van der Waals surface area contributed by atoms with Gasteiger partial charge < -0.3 is 15.0 Å². The lowest BCUT2D eigenvalue weighted by atomic mass is 10.2. The van der Waals surface area contributed by atoms with Gasteiger partial charge in [-0.1, -0.05) is 30.3 Å². The number of sulfone groups is 1. The van der Waals surface area contributed by atoms with Gasteiger partial charge in [0.25, 0.3) is 11.8 Å². The van der Waals surface area contributed by atoms with Crippen LogP contribution < -0.4 is 10.1 Å². The highest BCUT2D eigenvalue weighted by Gasteiger charge is 2.34. The van der Waals surface area contributed by atoms with E-state index in [4.69, 9.17) is 4.74 Å². The normalized spacial score (nSPS) is 17.5. The van der Waals surface area contributed by atoms with Crippen LogP contribution in [0.25, 0.3) is 0 Å². The SMILES string of the molecule is CCN(C(=O)COc1ccccc1C(=O)Nc1ccccc1)[C@H]1CCS(=O)(=O)C1. The van der Waals surface area contributed by atoms with E-state index in [9.17, 15) is 18.0 Å². The molecule has 0 aromatic heterocycles. The van der Waals surface area contributed by atoms with Gasteiger partial charge in [-0.3, -0.25) is 9.59 Å². The summed E-state index contributed by atoms with van der Waals surface area (Å²) in [5, 5.41) is 2.79. The molecule has 154 valence electrons. The Bertz CT molecular complexity index is 976. The fourth-order valence-corrected chi connectivity index (χ4v) is 5.11. The molecule has 0 aliphatic carbocycles. The van der Waals surface area contributed by atoms with Crippen molar-refractivity contribution in [3.63, 3.8) is 0 Å². The summed E-state index contributed by atoms with van der Waals surface area (Å²) in [4.78, 5) is 26.8. The van der Waals surface area contributed by atoms with Crippen LogP contribution in [0.2, 0.25) is 0 Å². The van der Waals surface area contributed by atoms with Gasteiger partial charge in [0.2, 0.25) is 0 Å². The van der Waals surface area contributed by atoms with E-state index in [1.165, 1.54) is 4.90 Å². The summed E-state index contributed by atoms with van der Waals surface area (Å²) in [7, 11) is -3.09. The summed E-state index contributed by atoms with van der Waals surface area (Å²) in [5.41, 5.74) is 0.971. The van der Waals surface area contributed by atoms with Gasteiger partial charge in [0.1, 0.15) is 5.75 Å². The Morgan fingerprint density at radius 1 is 1.10 bits per heavy atom. The van der Waals surface area contributed by atoms with Crippen molar-refractivity contribution in [1.29, 1.82) is 0 Å². The molecular formula is C21H24N2O5S. The Morgan fingerprint density at radius 2 is 1.79 bits per heavy atom. The van der Waals surface area contributed by atoms with Crippen molar-refractivity contribution < 1.29 is 22.7 Å². The molecule has 1 atom stereocenters. The van der Waals surface area contributed by atoms with Crippen LogP contribution in [0.1, 0.15) is 23.7 Å². The van der Waals surface area contributed by atoms with Crippen molar-refractivity contribution >= 4 is 27.3 Å². The molecule has 0 saturated carbocycles. The molecule has 0 spiro atoms. The summed E-state index contributed by atoms with van der Waals surface area (Å²) in [6, 6.07) is 15.4. The van der Waals surface area contributed by atoms with E-state index >= 15 is 0 Å². The molecular weight excluding hydrogens is 392 g/mol. The van der Waals surface area contributed by atoms with Crippen molar-refractivity contribution in [3.05, 3.63) is 60.2 Å². The number of amides is 2. The van der Waals surface area contributed by atoms with Crippen LogP contribution in [-0.4, -0.2) is 55.8 Å². The van der Waals surface area contributed by atoms with E-state index in [1.54, 1.807) is 36.4 Å². The number of para-hydroxylation sites is 2. The molecule has 29 heavy (non-hydrogen) atoms. The first-order valence-corrected chi connectivity index (χ1v) is 11.3. The fraction of sp³-hybridized carbons (Fsp3) is 0.333. The summed E-state index contributed by atoms with van der Waals surface area (Å²) in [6.07, 6.45) is 0.442. The molecule has 3 rings (SSSR count). The third-order valence-corrected chi connectivity index (χ3v) is 6.58. The van der Waals surface area contributed by atoms with E-state index in [1.807, 2.05) is 25.1 Å². The number of hydrogen-bond acceptors (Lipinski definition) is 5. The maximum atomic E-state index is 12.6. The number of anilines is 1. The maximum Gasteiger partial charge on any atom is 0.260 e. The number of ether oxygens (including phenoxy) is 1. The zero-order chi connectivity index (χ0) is 20.9. The number of nitrogens with one attached hydrogen (secondary N) is 1. The molecule has 8 heteroatoms. The van der Waals surface area contributed by atoms with Gasteiger partial charge in [0, 0.05) is 18.3 Å². The van der Waals surface area contributed by atoms with Crippen molar-refractivity contribution in [2.24, 2.45) is 0 Å². The Kier molecular flexibility index (Phi) is 6.53. The fourth-order valence-electron chi connectivity index (χ4n) is 3.38. The smallest absolute Gasteiger partial charge is 0.260 e. The summed E-state index contributed by atoms with van der Waals surface area (Å²) in [5.74, 6) is -0.251. The molecule has 0 radical (unpaired) electrons. The van der Waals surface area contributed by atoms with Gasteiger partial charge >= 0.3 is 0 Å². The molecule has 2 aromatic rings. The first kappa shape index (κ1) is 20.9. The minimum absolute atomic E-state index is 0.0113. The van der Waals surface area contributed by atoms with Gasteiger partial charge in [0.05, 0.1) is 17.1 Å². The highest BCUT2D eigenvalue weighted by Crippen LogP contribution is 2.21. The van der Waals surface area contributed by atoms with E-state index < -0.39 is 9.84 Å². The largest absolute Gasteiger partial charge is 0.483 e. The molecule has 2 amide bonds. The second kappa shape index (κ2) is 9.09. The lowest BCUT2D eigenvalue weighted by Gasteiger charge is -2.27. The molecule has 1 aliphatic heterocycles. The van der Waals surface area contributed by atoms with Crippen LogP contribution in [0.4, 0.5) is 5.69 Å². The van der Waals surface area contributed by atoms with Crippen molar-refractivity contribution in [2.75, 3.05) is 30.0 Å². The van der Waals surface area contributed by atoms with E-state index in [0.717, 1.165) is 0 Å². The van der Waals surface area contributed by atoms with Crippen molar-refractivity contribution in [2.45, 2.75) is 19.4 Å². The Hall–Kier alpha value is -2.87. The standard InChI is InChI=1S/C21H24N2O5S/c1-2-23(17-12-13-29(26,27)15-17)20(24)14-28-19-11-7-6-10-18(19)21(25)22-16-8-4-3-5-9-16/h3-11,17H,2,12-15H2,1H3,(H,22,25)/t17-/m0/s1. The molecule has 1 aliphatic rings. The molecule has 7 nitrogen and oxygen atoms in total. The van der Waals surface area contributed by atoms with E-state index in [2.05, 4.69) is 5.32 Å².